The maximum Gasteiger partial charge on any atom is 0.137 e. The van der Waals surface area contributed by atoms with E-state index in [9.17, 15) is 9.18 Å². The lowest BCUT2D eigenvalue weighted by atomic mass is 9.89. The van der Waals surface area contributed by atoms with Gasteiger partial charge in [-0.1, -0.05) is 17.7 Å². The fourth-order valence-corrected chi connectivity index (χ4v) is 5.90. The molecule has 2 aliphatic carbocycles. The van der Waals surface area contributed by atoms with Crippen molar-refractivity contribution in [3.8, 4) is 0 Å². The standard InChI is InChI=1S/C25H24ClFN2O/c26-25-4-1-15(14-29-25)9-21(30)10-16-7-17-11-19(12-18(17)8-16)22-5-6-28-24-3-2-20(27)13-23(22)24/h1-6,13-14,16-19H,7-12H2/t16?,17-,18+,19?. The maximum absolute atomic E-state index is 13.8. The van der Waals surface area contributed by atoms with Crippen molar-refractivity contribution in [2.24, 2.45) is 17.8 Å². The summed E-state index contributed by atoms with van der Waals surface area (Å²) in [5.41, 5.74) is 3.03. The van der Waals surface area contributed by atoms with Crippen molar-refractivity contribution in [1.29, 1.82) is 0 Å². The summed E-state index contributed by atoms with van der Waals surface area (Å²) in [5.74, 6) is 2.37. The summed E-state index contributed by atoms with van der Waals surface area (Å²) in [6, 6.07) is 10.5. The van der Waals surface area contributed by atoms with Gasteiger partial charge in [-0.3, -0.25) is 9.78 Å². The Morgan fingerprint density at radius 1 is 1.03 bits per heavy atom. The van der Waals surface area contributed by atoms with E-state index in [0.717, 1.165) is 42.1 Å². The Bertz CT molecular complexity index is 1070. The molecule has 154 valence electrons. The van der Waals surface area contributed by atoms with Gasteiger partial charge in [-0.05, 0) is 90.8 Å². The van der Waals surface area contributed by atoms with E-state index in [2.05, 4.69) is 16.0 Å². The highest BCUT2D eigenvalue weighted by Crippen LogP contribution is 2.53. The third-order valence-corrected chi connectivity index (χ3v) is 7.22. The number of aromatic nitrogens is 2. The minimum absolute atomic E-state index is 0.204. The highest BCUT2D eigenvalue weighted by Gasteiger charge is 2.42. The van der Waals surface area contributed by atoms with Gasteiger partial charge in [0, 0.05) is 30.6 Å². The summed E-state index contributed by atoms with van der Waals surface area (Å²) < 4.78 is 13.8. The SMILES string of the molecule is O=C(Cc1ccc(Cl)nc1)CC1C[C@@H]2CC(c3ccnc4ccc(F)cc34)C[C@@H]2C1. The number of carbonyl (C=O) groups excluding carboxylic acids is 1. The normalized spacial score (nSPS) is 25.5. The van der Waals surface area contributed by atoms with Crippen molar-refractivity contribution in [2.75, 3.05) is 0 Å². The van der Waals surface area contributed by atoms with E-state index < -0.39 is 0 Å². The number of hydrogen-bond donors (Lipinski definition) is 0. The highest BCUT2D eigenvalue weighted by atomic mass is 35.5. The van der Waals surface area contributed by atoms with Crippen LogP contribution >= 0.6 is 11.6 Å². The first-order valence-electron chi connectivity index (χ1n) is 10.7. The topological polar surface area (TPSA) is 42.9 Å². The first-order valence-corrected chi connectivity index (χ1v) is 11.1. The Kier molecular flexibility index (Phi) is 5.28. The predicted octanol–water partition coefficient (Wildman–Crippen LogP) is 6.14. The number of Topliss-reactive ketones (excluding diaryl/α,β-unsaturated/α-hetero) is 1. The van der Waals surface area contributed by atoms with Gasteiger partial charge in [0.1, 0.15) is 16.8 Å². The van der Waals surface area contributed by atoms with E-state index in [0.29, 0.717) is 41.7 Å². The van der Waals surface area contributed by atoms with E-state index >= 15 is 0 Å². The number of nitrogens with zero attached hydrogens (tertiary/aromatic N) is 2. The molecule has 0 amide bonds. The number of ketones is 1. The molecule has 0 bridgehead atoms. The molecule has 4 atom stereocenters. The van der Waals surface area contributed by atoms with Gasteiger partial charge < -0.3 is 0 Å². The number of carbonyl (C=O) groups is 1. The zero-order valence-corrected chi connectivity index (χ0v) is 17.5. The molecule has 2 heterocycles. The summed E-state index contributed by atoms with van der Waals surface area (Å²) >= 11 is 5.82. The van der Waals surface area contributed by atoms with Crippen LogP contribution in [0.3, 0.4) is 0 Å². The summed E-state index contributed by atoms with van der Waals surface area (Å²) in [7, 11) is 0. The second-order valence-corrected chi connectivity index (χ2v) is 9.38. The number of hydrogen-bond acceptors (Lipinski definition) is 3. The number of pyridine rings is 2. The lowest BCUT2D eigenvalue weighted by molar-refractivity contribution is -0.119. The van der Waals surface area contributed by atoms with Gasteiger partial charge in [-0.15, -0.1) is 0 Å². The van der Waals surface area contributed by atoms with Crippen molar-refractivity contribution < 1.29 is 9.18 Å². The van der Waals surface area contributed by atoms with Gasteiger partial charge in [0.25, 0.3) is 0 Å². The van der Waals surface area contributed by atoms with E-state index in [1.807, 2.05) is 12.3 Å². The van der Waals surface area contributed by atoms with Crippen LogP contribution in [0.1, 0.15) is 49.1 Å². The van der Waals surface area contributed by atoms with Crippen LogP contribution in [0.2, 0.25) is 5.15 Å². The lowest BCUT2D eigenvalue weighted by Gasteiger charge is -2.16. The van der Waals surface area contributed by atoms with Crippen LogP contribution in [0.4, 0.5) is 4.39 Å². The third kappa shape index (κ3) is 3.98. The monoisotopic (exact) mass is 422 g/mol. The summed E-state index contributed by atoms with van der Waals surface area (Å²) in [4.78, 5) is 21.0. The zero-order chi connectivity index (χ0) is 20.7. The molecule has 30 heavy (non-hydrogen) atoms. The molecule has 0 N–H and O–H groups in total. The quantitative estimate of drug-likeness (QED) is 0.463. The zero-order valence-electron chi connectivity index (χ0n) is 16.7. The molecule has 0 saturated heterocycles. The Balaban J connectivity index is 1.21. The van der Waals surface area contributed by atoms with E-state index in [4.69, 9.17) is 11.6 Å². The largest absolute Gasteiger partial charge is 0.299 e. The van der Waals surface area contributed by atoms with Crippen molar-refractivity contribution in [1.82, 2.24) is 9.97 Å². The van der Waals surface area contributed by atoms with Crippen molar-refractivity contribution in [3.63, 3.8) is 0 Å². The van der Waals surface area contributed by atoms with Gasteiger partial charge in [0.15, 0.2) is 0 Å². The molecule has 2 aliphatic rings. The summed E-state index contributed by atoms with van der Waals surface area (Å²) in [5, 5.41) is 1.40. The minimum Gasteiger partial charge on any atom is -0.299 e. The second kappa shape index (κ2) is 8.07. The molecule has 0 spiro atoms. The van der Waals surface area contributed by atoms with Gasteiger partial charge in [0.05, 0.1) is 5.52 Å². The van der Waals surface area contributed by atoms with Crippen LogP contribution in [0.5, 0.6) is 0 Å². The summed E-state index contributed by atoms with van der Waals surface area (Å²) in [6.45, 7) is 0. The molecule has 2 saturated carbocycles. The second-order valence-electron chi connectivity index (χ2n) is 9.00. The molecule has 5 heteroatoms. The molecular formula is C25H24ClFN2O. The number of benzene rings is 1. The Morgan fingerprint density at radius 2 is 1.83 bits per heavy atom. The van der Waals surface area contributed by atoms with E-state index in [1.165, 1.54) is 11.6 Å². The molecule has 0 radical (unpaired) electrons. The van der Waals surface area contributed by atoms with Crippen LogP contribution in [0, 0.1) is 23.6 Å². The predicted molar refractivity (Wildman–Crippen MR) is 116 cm³/mol. The van der Waals surface area contributed by atoms with E-state index in [1.54, 1.807) is 24.4 Å². The van der Waals surface area contributed by atoms with Gasteiger partial charge >= 0.3 is 0 Å². The van der Waals surface area contributed by atoms with Gasteiger partial charge in [-0.2, -0.15) is 0 Å². The van der Waals surface area contributed by atoms with Crippen LogP contribution in [0.15, 0.2) is 48.8 Å². The molecule has 3 nitrogen and oxygen atoms in total. The molecule has 5 rings (SSSR count). The average molecular weight is 423 g/mol. The molecule has 2 aromatic heterocycles. The Hall–Kier alpha value is -2.33. The fourth-order valence-electron chi connectivity index (χ4n) is 5.79. The molecule has 2 fully saturated rings. The average Bonchev–Trinajstić information content (AvgIpc) is 3.27. The molecule has 2 unspecified atom stereocenters. The smallest absolute Gasteiger partial charge is 0.137 e. The number of halogens is 2. The van der Waals surface area contributed by atoms with Crippen molar-refractivity contribution >= 4 is 28.3 Å². The molecule has 0 aliphatic heterocycles. The van der Waals surface area contributed by atoms with Crippen LogP contribution < -0.4 is 0 Å². The van der Waals surface area contributed by atoms with Crippen LogP contribution in [-0.4, -0.2) is 15.8 Å². The number of fused-ring (bicyclic) bond motifs is 2. The Labute approximate surface area is 180 Å². The third-order valence-electron chi connectivity index (χ3n) is 7.00. The fraction of sp³-hybridized carbons (Fsp3) is 0.400. The van der Waals surface area contributed by atoms with Crippen LogP contribution in [0.25, 0.3) is 10.9 Å². The van der Waals surface area contributed by atoms with Crippen molar-refractivity contribution in [2.45, 2.75) is 44.4 Å². The Morgan fingerprint density at radius 3 is 2.57 bits per heavy atom. The minimum atomic E-state index is -0.204. The van der Waals surface area contributed by atoms with E-state index in [-0.39, 0.29) is 11.6 Å². The molecule has 1 aromatic carbocycles. The first kappa shape index (κ1) is 19.6. The molecular weight excluding hydrogens is 399 g/mol. The van der Waals surface area contributed by atoms with Gasteiger partial charge in [0.2, 0.25) is 0 Å². The van der Waals surface area contributed by atoms with Crippen LogP contribution in [-0.2, 0) is 11.2 Å². The summed E-state index contributed by atoms with van der Waals surface area (Å²) in [6.07, 6.45) is 9.15. The highest BCUT2D eigenvalue weighted by molar-refractivity contribution is 6.29. The number of rotatable bonds is 5. The van der Waals surface area contributed by atoms with Gasteiger partial charge in [-0.25, -0.2) is 9.37 Å². The first-order chi connectivity index (χ1) is 14.5. The maximum atomic E-state index is 13.8. The molecule has 3 aromatic rings. The van der Waals surface area contributed by atoms with Crippen molar-refractivity contribution in [3.05, 3.63) is 70.9 Å². The lowest BCUT2D eigenvalue weighted by Crippen LogP contribution is -2.10.